The standard InChI is InChI=1S/C18H19N7S/c19-7-14-4-5-15(10-20-14)23-18-24-16(12-26-18)17-3-1-2-6-25(17)11-13-8-21-22-9-13/h4-5,8-10,12,17H,1-3,6,11H2,(H,21,22)(H,23,24)/t17-/m0/s1. The van der Waals surface area contributed by atoms with Crippen LogP contribution in [0.4, 0.5) is 10.8 Å². The van der Waals surface area contributed by atoms with E-state index in [2.05, 4.69) is 30.8 Å². The van der Waals surface area contributed by atoms with E-state index in [4.69, 9.17) is 10.2 Å². The molecule has 0 amide bonds. The number of nitrogens with one attached hydrogen (secondary N) is 2. The molecule has 26 heavy (non-hydrogen) atoms. The van der Waals surface area contributed by atoms with Crippen LogP contribution in [0.2, 0.25) is 0 Å². The van der Waals surface area contributed by atoms with Crippen molar-refractivity contribution in [3.05, 3.63) is 53.1 Å². The number of pyridine rings is 1. The Bertz CT molecular complexity index is 879. The van der Waals surface area contributed by atoms with Crippen molar-refractivity contribution in [2.45, 2.75) is 31.8 Å². The van der Waals surface area contributed by atoms with Gasteiger partial charge in [0.05, 0.1) is 29.8 Å². The Morgan fingerprint density at radius 1 is 1.35 bits per heavy atom. The van der Waals surface area contributed by atoms with Gasteiger partial charge < -0.3 is 5.32 Å². The van der Waals surface area contributed by atoms with Gasteiger partial charge in [0.25, 0.3) is 0 Å². The molecular formula is C18H19N7S. The van der Waals surface area contributed by atoms with Gasteiger partial charge in [-0.2, -0.15) is 10.4 Å². The maximum absolute atomic E-state index is 8.83. The third-order valence-electron chi connectivity index (χ3n) is 4.55. The zero-order chi connectivity index (χ0) is 17.8. The van der Waals surface area contributed by atoms with E-state index in [9.17, 15) is 0 Å². The number of rotatable bonds is 5. The molecule has 7 nitrogen and oxygen atoms in total. The number of nitriles is 1. The molecule has 0 saturated carbocycles. The fourth-order valence-corrected chi connectivity index (χ4v) is 4.04. The molecule has 1 atom stereocenters. The number of hydrogen-bond acceptors (Lipinski definition) is 7. The molecule has 0 aromatic carbocycles. The molecule has 0 spiro atoms. The summed E-state index contributed by atoms with van der Waals surface area (Å²) in [6.45, 7) is 1.97. The van der Waals surface area contributed by atoms with Crippen LogP contribution in [0.5, 0.6) is 0 Å². The second kappa shape index (κ2) is 7.64. The van der Waals surface area contributed by atoms with Crippen LogP contribution >= 0.6 is 11.3 Å². The quantitative estimate of drug-likeness (QED) is 0.717. The highest BCUT2D eigenvalue weighted by Gasteiger charge is 2.26. The van der Waals surface area contributed by atoms with E-state index in [1.54, 1.807) is 23.6 Å². The summed E-state index contributed by atoms with van der Waals surface area (Å²) in [5.74, 6) is 0. The van der Waals surface area contributed by atoms with Crippen LogP contribution in [-0.4, -0.2) is 31.6 Å². The average molecular weight is 365 g/mol. The summed E-state index contributed by atoms with van der Waals surface area (Å²) in [6, 6.07) is 5.91. The van der Waals surface area contributed by atoms with Crippen molar-refractivity contribution >= 4 is 22.2 Å². The highest BCUT2D eigenvalue weighted by molar-refractivity contribution is 7.13. The van der Waals surface area contributed by atoms with Gasteiger partial charge in [0, 0.05) is 23.7 Å². The summed E-state index contributed by atoms with van der Waals surface area (Å²) < 4.78 is 0. The normalized spacial score (nSPS) is 17.7. The van der Waals surface area contributed by atoms with Crippen molar-refractivity contribution in [2.24, 2.45) is 0 Å². The first-order valence-electron chi connectivity index (χ1n) is 8.62. The molecular weight excluding hydrogens is 346 g/mol. The summed E-state index contributed by atoms with van der Waals surface area (Å²) >= 11 is 1.60. The predicted molar refractivity (Wildman–Crippen MR) is 99.9 cm³/mol. The van der Waals surface area contributed by atoms with E-state index < -0.39 is 0 Å². The van der Waals surface area contributed by atoms with E-state index in [-0.39, 0.29) is 0 Å². The fourth-order valence-electron chi connectivity index (χ4n) is 3.27. The average Bonchev–Trinajstić information content (AvgIpc) is 3.35. The molecule has 4 rings (SSSR count). The Morgan fingerprint density at radius 3 is 3.08 bits per heavy atom. The van der Waals surface area contributed by atoms with Crippen molar-refractivity contribution < 1.29 is 0 Å². The predicted octanol–water partition coefficient (Wildman–Crippen LogP) is 3.60. The molecule has 0 unspecified atom stereocenters. The number of likely N-dealkylation sites (tertiary alicyclic amines) is 1. The summed E-state index contributed by atoms with van der Waals surface area (Å²) in [5, 5.41) is 22.0. The number of anilines is 2. The van der Waals surface area contributed by atoms with Crippen LogP contribution in [0.1, 0.15) is 42.3 Å². The van der Waals surface area contributed by atoms with Gasteiger partial charge in [0.1, 0.15) is 11.8 Å². The van der Waals surface area contributed by atoms with E-state index in [0.29, 0.717) is 11.7 Å². The molecule has 8 heteroatoms. The zero-order valence-corrected chi connectivity index (χ0v) is 15.0. The van der Waals surface area contributed by atoms with Crippen LogP contribution in [0.25, 0.3) is 0 Å². The maximum atomic E-state index is 8.83. The van der Waals surface area contributed by atoms with Crippen molar-refractivity contribution in [3.8, 4) is 6.07 Å². The number of piperidine rings is 1. The third-order valence-corrected chi connectivity index (χ3v) is 5.32. The first-order valence-corrected chi connectivity index (χ1v) is 9.50. The second-order valence-corrected chi connectivity index (χ2v) is 7.19. The van der Waals surface area contributed by atoms with Crippen LogP contribution in [0.3, 0.4) is 0 Å². The van der Waals surface area contributed by atoms with Crippen LogP contribution in [0, 0.1) is 11.3 Å². The van der Waals surface area contributed by atoms with Gasteiger partial charge >= 0.3 is 0 Å². The summed E-state index contributed by atoms with van der Waals surface area (Å²) in [4.78, 5) is 11.4. The van der Waals surface area contributed by atoms with Crippen molar-refractivity contribution in [2.75, 3.05) is 11.9 Å². The van der Waals surface area contributed by atoms with E-state index in [1.807, 2.05) is 24.5 Å². The molecule has 2 N–H and O–H groups in total. The lowest BCUT2D eigenvalue weighted by atomic mass is 9.99. The minimum Gasteiger partial charge on any atom is -0.330 e. The van der Waals surface area contributed by atoms with E-state index in [0.717, 1.165) is 36.0 Å². The lowest BCUT2D eigenvalue weighted by molar-refractivity contribution is 0.138. The highest BCUT2D eigenvalue weighted by Crippen LogP contribution is 2.34. The van der Waals surface area contributed by atoms with Crippen LogP contribution in [0.15, 0.2) is 36.1 Å². The van der Waals surface area contributed by atoms with Gasteiger partial charge in [-0.15, -0.1) is 11.3 Å². The fraction of sp³-hybridized carbons (Fsp3) is 0.333. The zero-order valence-electron chi connectivity index (χ0n) is 14.2. The van der Waals surface area contributed by atoms with Gasteiger partial charge in [0.15, 0.2) is 5.13 Å². The first-order chi connectivity index (χ1) is 12.8. The van der Waals surface area contributed by atoms with Gasteiger partial charge in [0.2, 0.25) is 0 Å². The topological polar surface area (TPSA) is 93.5 Å². The molecule has 0 radical (unpaired) electrons. The largest absolute Gasteiger partial charge is 0.330 e. The Hall–Kier alpha value is -2.76. The SMILES string of the molecule is N#Cc1ccc(Nc2nc([C@@H]3CCCCN3Cc3cn[nH]c3)cs2)cn1. The third kappa shape index (κ3) is 3.74. The molecule has 0 bridgehead atoms. The Balaban J connectivity index is 1.47. The molecule has 1 aliphatic rings. The Labute approximate surface area is 155 Å². The monoisotopic (exact) mass is 365 g/mol. The number of nitrogens with zero attached hydrogens (tertiary/aromatic N) is 5. The summed E-state index contributed by atoms with van der Waals surface area (Å²) in [7, 11) is 0. The lowest BCUT2D eigenvalue weighted by Crippen LogP contribution is -2.33. The van der Waals surface area contributed by atoms with Crippen molar-refractivity contribution in [1.29, 1.82) is 5.26 Å². The summed E-state index contributed by atoms with van der Waals surface area (Å²) in [6.07, 6.45) is 9.08. The minimum absolute atomic E-state index is 0.338. The number of thiazole rings is 1. The van der Waals surface area contributed by atoms with Crippen molar-refractivity contribution in [3.63, 3.8) is 0 Å². The number of aromatic nitrogens is 4. The van der Waals surface area contributed by atoms with Gasteiger partial charge in [-0.25, -0.2) is 9.97 Å². The molecule has 132 valence electrons. The highest BCUT2D eigenvalue weighted by atomic mass is 32.1. The number of aromatic amines is 1. The van der Waals surface area contributed by atoms with Gasteiger partial charge in [-0.3, -0.25) is 10.00 Å². The lowest BCUT2D eigenvalue weighted by Gasteiger charge is -2.34. The molecule has 4 heterocycles. The molecule has 1 saturated heterocycles. The maximum Gasteiger partial charge on any atom is 0.187 e. The second-order valence-electron chi connectivity index (χ2n) is 6.34. The Morgan fingerprint density at radius 2 is 2.31 bits per heavy atom. The first kappa shape index (κ1) is 16.7. The van der Waals surface area contributed by atoms with E-state index >= 15 is 0 Å². The van der Waals surface area contributed by atoms with Gasteiger partial charge in [-0.05, 0) is 31.5 Å². The van der Waals surface area contributed by atoms with Crippen LogP contribution in [-0.2, 0) is 6.54 Å². The smallest absolute Gasteiger partial charge is 0.187 e. The molecule has 1 fully saturated rings. The van der Waals surface area contributed by atoms with Gasteiger partial charge in [-0.1, -0.05) is 6.42 Å². The Kier molecular flexibility index (Phi) is 4.91. The molecule has 3 aromatic rings. The molecule has 0 aliphatic carbocycles. The van der Waals surface area contributed by atoms with Crippen LogP contribution < -0.4 is 5.32 Å². The van der Waals surface area contributed by atoms with Crippen molar-refractivity contribution in [1.82, 2.24) is 25.1 Å². The summed E-state index contributed by atoms with van der Waals surface area (Å²) in [5.41, 5.74) is 3.56. The molecule has 3 aromatic heterocycles. The number of hydrogen-bond donors (Lipinski definition) is 2. The minimum atomic E-state index is 0.338. The molecule has 1 aliphatic heterocycles. The number of H-pyrrole nitrogens is 1. The van der Waals surface area contributed by atoms with E-state index in [1.165, 1.54) is 18.4 Å².